The third-order valence-electron chi connectivity index (χ3n) is 4.02. The summed E-state index contributed by atoms with van der Waals surface area (Å²) >= 11 is 0. The molecule has 2 aliphatic rings. The van der Waals surface area contributed by atoms with Crippen LogP contribution >= 0.6 is 0 Å². The van der Waals surface area contributed by atoms with E-state index in [0.717, 1.165) is 13.1 Å². The van der Waals surface area contributed by atoms with Crippen molar-refractivity contribution in [3.05, 3.63) is 0 Å². The summed E-state index contributed by atoms with van der Waals surface area (Å²) in [5.41, 5.74) is 0. The predicted molar refractivity (Wildman–Crippen MR) is 64.3 cm³/mol. The van der Waals surface area contributed by atoms with Gasteiger partial charge in [-0.05, 0) is 40.3 Å². The van der Waals surface area contributed by atoms with Gasteiger partial charge < -0.3 is 10.2 Å². The highest BCUT2D eigenvalue weighted by Crippen LogP contribution is 2.24. The summed E-state index contributed by atoms with van der Waals surface area (Å²) in [7, 11) is 1.85. The molecule has 0 spiro atoms. The monoisotopic (exact) mass is 225 g/mol. The molecule has 16 heavy (non-hydrogen) atoms. The second-order valence-electron chi connectivity index (χ2n) is 5.14. The third kappa shape index (κ3) is 2.09. The fourth-order valence-corrected chi connectivity index (χ4v) is 2.87. The Morgan fingerprint density at radius 1 is 1.44 bits per heavy atom. The van der Waals surface area contributed by atoms with Crippen LogP contribution in [0.5, 0.6) is 0 Å². The Morgan fingerprint density at radius 3 is 2.88 bits per heavy atom. The van der Waals surface area contributed by atoms with Crippen LogP contribution in [0.25, 0.3) is 0 Å². The quantitative estimate of drug-likeness (QED) is 0.734. The Kier molecular flexibility index (Phi) is 3.50. The zero-order valence-electron chi connectivity index (χ0n) is 10.6. The molecule has 2 rings (SSSR count). The first kappa shape index (κ1) is 11.9. The van der Waals surface area contributed by atoms with Crippen LogP contribution < -0.4 is 5.32 Å². The van der Waals surface area contributed by atoms with Gasteiger partial charge >= 0.3 is 0 Å². The van der Waals surface area contributed by atoms with Crippen LogP contribution in [-0.2, 0) is 4.79 Å². The van der Waals surface area contributed by atoms with Crippen LogP contribution in [0.15, 0.2) is 0 Å². The fourth-order valence-electron chi connectivity index (χ4n) is 2.87. The molecular weight excluding hydrogens is 202 g/mol. The highest BCUT2D eigenvalue weighted by Gasteiger charge is 2.37. The second-order valence-corrected chi connectivity index (χ2v) is 5.14. The Hall–Kier alpha value is -0.610. The lowest BCUT2D eigenvalue weighted by atomic mass is 10.1. The number of hydrogen-bond acceptors (Lipinski definition) is 3. The molecule has 0 aliphatic carbocycles. The van der Waals surface area contributed by atoms with Crippen molar-refractivity contribution in [2.45, 2.75) is 44.8 Å². The van der Waals surface area contributed by atoms with Gasteiger partial charge in [0.05, 0.1) is 6.04 Å². The average molecular weight is 225 g/mol. The zero-order valence-corrected chi connectivity index (χ0v) is 10.6. The standard InChI is InChI=1S/C12H23N3O/c1-9-7-14-6-4-5-11(14)8-15(9)12(16)10(2)13-3/h9-11,13H,4-8H2,1-3H3. The molecule has 92 valence electrons. The summed E-state index contributed by atoms with van der Waals surface area (Å²) in [6.45, 7) is 7.29. The van der Waals surface area contributed by atoms with E-state index >= 15 is 0 Å². The van der Waals surface area contributed by atoms with E-state index in [4.69, 9.17) is 0 Å². The lowest BCUT2D eigenvalue weighted by Gasteiger charge is -2.43. The molecule has 3 atom stereocenters. The third-order valence-corrected chi connectivity index (χ3v) is 4.02. The zero-order chi connectivity index (χ0) is 11.7. The van der Waals surface area contributed by atoms with Gasteiger partial charge in [0, 0.05) is 25.2 Å². The SMILES string of the molecule is CNC(C)C(=O)N1CC2CCCN2CC1C. The minimum atomic E-state index is -0.0598. The number of nitrogens with zero attached hydrogens (tertiary/aromatic N) is 2. The summed E-state index contributed by atoms with van der Waals surface area (Å²) < 4.78 is 0. The lowest BCUT2D eigenvalue weighted by Crippen LogP contribution is -2.59. The van der Waals surface area contributed by atoms with Gasteiger partial charge in [0.1, 0.15) is 0 Å². The maximum absolute atomic E-state index is 12.2. The molecule has 2 saturated heterocycles. The van der Waals surface area contributed by atoms with Gasteiger partial charge in [0.2, 0.25) is 5.91 Å². The number of nitrogens with one attached hydrogen (secondary N) is 1. The normalized spacial score (nSPS) is 32.6. The van der Waals surface area contributed by atoms with E-state index in [1.165, 1.54) is 19.4 Å². The molecule has 1 amide bonds. The minimum absolute atomic E-state index is 0.0598. The smallest absolute Gasteiger partial charge is 0.239 e. The first-order valence-electron chi connectivity index (χ1n) is 6.35. The molecule has 4 nitrogen and oxygen atoms in total. The highest BCUT2D eigenvalue weighted by atomic mass is 16.2. The van der Waals surface area contributed by atoms with Gasteiger partial charge in [-0.25, -0.2) is 0 Å². The number of likely N-dealkylation sites (N-methyl/N-ethyl adjacent to an activating group) is 1. The summed E-state index contributed by atoms with van der Waals surface area (Å²) in [5, 5.41) is 3.04. The van der Waals surface area contributed by atoms with Crippen LogP contribution in [0, 0.1) is 0 Å². The maximum atomic E-state index is 12.2. The Balaban J connectivity index is 2.02. The van der Waals surface area contributed by atoms with Crippen molar-refractivity contribution in [2.75, 3.05) is 26.7 Å². The Morgan fingerprint density at radius 2 is 2.19 bits per heavy atom. The molecule has 2 heterocycles. The molecular formula is C12H23N3O. The minimum Gasteiger partial charge on any atom is -0.336 e. The van der Waals surface area contributed by atoms with Gasteiger partial charge in [-0.1, -0.05) is 0 Å². The second kappa shape index (κ2) is 4.72. The van der Waals surface area contributed by atoms with Gasteiger partial charge in [0.25, 0.3) is 0 Å². The lowest BCUT2D eigenvalue weighted by molar-refractivity contribution is -0.138. The van der Waals surface area contributed by atoms with Crippen molar-refractivity contribution in [1.29, 1.82) is 0 Å². The molecule has 3 unspecified atom stereocenters. The van der Waals surface area contributed by atoms with Crippen molar-refractivity contribution in [1.82, 2.24) is 15.1 Å². The number of carbonyl (C=O) groups excluding carboxylic acids is 1. The van der Waals surface area contributed by atoms with Gasteiger partial charge in [-0.2, -0.15) is 0 Å². The van der Waals surface area contributed by atoms with Crippen molar-refractivity contribution in [2.24, 2.45) is 0 Å². The molecule has 0 aromatic carbocycles. The summed E-state index contributed by atoms with van der Waals surface area (Å²) in [4.78, 5) is 16.8. The van der Waals surface area contributed by atoms with Crippen LogP contribution in [0.1, 0.15) is 26.7 Å². The van der Waals surface area contributed by atoms with Gasteiger partial charge in [-0.15, -0.1) is 0 Å². The van der Waals surface area contributed by atoms with Crippen molar-refractivity contribution < 1.29 is 4.79 Å². The fraction of sp³-hybridized carbons (Fsp3) is 0.917. The van der Waals surface area contributed by atoms with E-state index in [1.54, 1.807) is 0 Å². The first-order valence-corrected chi connectivity index (χ1v) is 6.35. The van der Waals surface area contributed by atoms with Crippen LogP contribution in [-0.4, -0.2) is 60.5 Å². The number of piperazine rings is 1. The van der Waals surface area contributed by atoms with Crippen molar-refractivity contribution in [3.8, 4) is 0 Å². The van der Waals surface area contributed by atoms with E-state index in [9.17, 15) is 4.79 Å². The van der Waals surface area contributed by atoms with E-state index < -0.39 is 0 Å². The molecule has 2 fully saturated rings. The van der Waals surface area contributed by atoms with E-state index in [0.29, 0.717) is 12.1 Å². The predicted octanol–water partition coefficient (Wildman–Crippen LogP) is 0.289. The maximum Gasteiger partial charge on any atom is 0.239 e. The molecule has 0 radical (unpaired) electrons. The number of hydrogen-bond donors (Lipinski definition) is 1. The first-order chi connectivity index (χ1) is 7.63. The molecule has 0 aromatic heterocycles. The summed E-state index contributed by atoms with van der Waals surface area (Å²) in [6, 6.07) is 0.914. The van der Waals surface area contributed by atoms with Crippen LogP contribution in [0.2, 0.25) is 0 Å². The van der Waals surface area contributed by atoms with Crippen LogP contribution in [0.4, 0.5) is 0 Å². The number of amides is 1. The van der Waals surface area contributed by atoms with Gasteiger partial charge in [0.15, 0.2) is 0 Å². The largest absolute Gasteiger partial charge is 0.336 e. The number of rotatable bonds is 2. The summed E-state index contributed by atoms with van der Waals surface area (Å²) in [5.74, 6) is 0.251. The van der Waals surface area contributed by atoms with Crippen LogP contribution in [0.3, 0.4) is 0 Å². The number of fused-ring (bicyclic) bond motifs is 1. The molecule has 0 bridgehead atoms. The van der Waals surface area contributed by atoms with E-state index in [-0.39, 0.29) is 11.9 Å². The highest BCUT2D eigenvalue weighted by molar-refractivity contribution is 5.81. The molecule has 4 heteroatoms. The molecule has 0 aromatic rings. The van der Waals surface area contributed by atoms with Gasteiger partial charge in [-0.3, -0.25) is 9.69 Å². The van der Waals surface area contributed by atoms with E-state index in [2.05, 4.69) is 22.0 Å². The van der Waals surface area contributed by atoms with E-state index in [1.807, 2.05) is 14.0 Å². The molecule has 1 N–H and O–H groups in total. The topological polar surface area (TPSA) is 35.6 Å². The molecule has 0 saturated carbocycles. The van der Waals surface area contributed by atoms with Crippen molar-refractivity contribution >= 4 is 5.91 Å². The Labute approximate surface area is 98.0 Å². The van der Waals surface area contributed by atoms with Crippen molar-refractivity contribution in [3.63, 3.8) is 0 Å². The number of carbonyl (C=O) groups is 1. The molecule has 2 aliphatic heterocycles. The average Bonchev–Trinajstić information content (AvgIpc) is 2.72. The Bertz CT molecular complexity index is 269. The summed E-state index contributed by atoms with van der Waals surface area (Å²) in [6.07, 6.45) is 2.55.